The summed E-state index contributed by atoms with van der Waals surface area (Å²) >= 11 is 0. The molecule has 0 saturated heterocycles. The van der Waals surface area contributed by atoms with Crippen LogP contribution in [0.15, 0.2) is 42.5 Å². The molecule has 2 aromatic carbocycles. The molecular formula is C22H23NO5. The summed E-state index contributed by atoms with van der Waals surface area (Å²) in [7, 11) is 0. The Balaban J connectivity index is 1.70. The highest BCUT2D eigenvalue weighted by atomic mass is 16.5. The molecule has 1 heterocycles. The zero-order valence-corrected chi connectivity index (χ0v) is 16.2. The molecule has 0 spiro atoms. The Hall–Kier alpha value is -3.15. The first-order chi connectivity index (χ1) is 13.4. The number of hydrogen-bond acceptors (Lipinski definition) is 5. The molecule has 6 nitrogen and oxygen atoms in total. The monoisotopic (exact) mass is 381 g/mol. The van der Waals surface area contributed by atoms with Crippen LogP contribution in [-0.4, -0.2) is 36.9 Å². The van der Waals surface area contributed by atoms with E-state index < -0.39 is 12.1 Å². The number of amides is 1. The molecular weight excluding hydrogens is 358 g/mol. The maximum Gasteiger partial charge on any atom is 0.326 e. The van der Waals surface area contributed by atoms with Crippen molar-refractivity contribution < 1.29 is 23.9 Å². The third-order valence-electron chi connectivity index (χ3n) is 4.79. The number of rotatable bonds is 5. The molecule has 0 fully saturated rings. The predicted octanol–water partition coefficient (Wildman–Crippen LogP) is 3.23. The van der Waals surface area contributed by atoms with Gasteiger partial charge in [-0.25, -0.2) is 0 Å². The molecule has 3 rings (SSSR count). The van der Waals surface area contributed by atoms with Crippen molar-refractivity contribution in [3.8, 4) is 5.75 Å². The number of benzene rings is 2. The Morgan fingerprint density at radius 3 is 2.64 bits per heavy atom. The summed E-state index contributed by atoms with van der Waals surface area (Å²) in [5, 5.41) is 0. The molecule has 2 aromatic rings. The summed E-state index contributed by atoms with van der Waals surface area (Å²) in [5.41, 5.74) is 3.10. The van der Waals surface area contributed by atoms with Crippen LogP contribution >= 0.6 is 0 Å². The molecule has 0 aliphatic carbocycles. The zero-order valence-electron chi connectivity index (χ0n) is 16.2. The summed E-state index contributed by atoms with van der Waals surface area (Å²) < 4.78 is 10.9. The number of ether oxygens (including phenoxy) is 2. The van der Waals surface area contributed by atoms with Crippen molar-refractivity contribution in [3.63, 3.8) is 0 Å². The Labute approximate surface area is 164 Å². The van der Waals surface area contributed by atoms with Gasteiger partial charge in [0.1, 0.15) is 12.3 Å². The maximum atomic E-state index is 12.6. The van der Waals surface area contributed by atoms with E-state index in [-0.39, 0.29) is 31.3 Å². The third-order valence-corrected chi connectivity index (χ3v) is 4.79. The average Bonchev–Trinajstić information content (AvgIpc) is 2.82. The Morgan fingerprint density at radius 2 is 1.89 bits per heavy atom. The summed E-state index contributed by atoms with van der Waals surface area (Å²) in [6.07, 6.45) is -0.776. The molecule has 1 atom stereocenters. The van der Waals surface area contributed by atoms with Crippen LogP contribution in [0.2, 0.25) is 0 Å². The lowest BCUT2D eigenvalue weighted by Gasteiger charge is -2.22. The summed E-state index contributed by atoms with van der Waals surface area (Å²) in [5.74, 6) is -0.604. The van der Waals surface area contributed by atoms with Crippen molar-refractivity contribution in [2.75, 3.05) is 18.1 Å². The molecule has 1 aliphatic rings. The van der Waals surface area contributed by atoms with Crippen molar-refractivity contribution in [3.05, 3.63) is 59.2 Å². The molecule has 0 aromatic heterocycles. The Bertz CT molecular complexity index is 921. The third kappa shape index (κ3) is 4.22. The van der Waals surface area contributed by atoms with E-state index in [0.29, 0.717) is 17.0 Å². The van der Waals surface area contributed by atoms with E-state index in [9.17, 15) is 14.4 Å². The largest absolute Gasteiger partial charge is 0.491 e. The van der Waals surface area contributed by atoms with Gasteiger partial charge in [-0.2, -0.15) is 0 Å². The lowest BCUT2D eigenvalue weighted by atomic mass is 10.0. The quantitative estimate of drug-likeness (QED) is 0.587. The van der Waals surface area contributed by atoms with Gasteiger partial charge in [-0.1, -0.05) is 24.3 Å². The van der Waals surface area contributed by atoms with Gasteiger partial charge >= 0.3 is 5.97 Å². The minimum atomic E-state index is -0.942. The molecule has 0 saturated carbocycles. The number of anilines is 1. The van der Waals surface area contributed by atoms with Crippen LogP contribution in [0.25, 0.3) is 0 Å². The first-order valence-electron chi connectivity index (χ1n) is 9.20. The summed E-state index contributed by atoms with van der Waals surface area (Å²) in [6.45, 7) is 5.41. The lowest BCUT2D eigenvalue weighted by Crippen LogP contribution is -2.38. The van der Waals surface area contributed by atoms with Crippen molar-refractivity contribution >= 4 is 23.3 Å². The highest BCUT2D eigenvalue weighted by Crippen LogP contribution is 2.30. The second kappa shape index (κ2) is 8.25. The first-order valence-corrected chi connectivity index (χ1v) is 9.20. The van der Waals surface area contributed by atoms with Crippen LogP contribution in [0.3, 0.4) is 0 Å². The number of nitrogens with zero attached hydrogens (tertiary/aromatic N) is 1. The van der Waals surface area contributed by atoms with Gasteiger partial charge in [0.05, 0.1) is 18.7 Å². The van der Waals surface area contributed by atoms with E-state index in [0.717, 1.165) is 11.1 Å². The average molecular weight is 381 g/mol. The molecule has 1 aliphatic heterocycles. The van der Waals surface area contributed by atoms with E-state index in [4.69, 9.17) is 9.47 Å². The predicted molar refractivity (Wildman–Crippen MR) is 105 cm³/mol. The van der Waals surface area contributed by atoms with Gasteiger partial charge in [0.15, 0.2) is 6.10 Å². The second-order valence-corrected chi connectivity index (χ2v) is 6.84. The molecule has 0 radical (unpaired) electrons. The Kier molecular flexibility index (Phi) is 5.78. The van der Waals surface area contributed by atoms with Crippen molar-refractivity contribution in [1.29, 1.82) is 0 Å². The maximum absolute atomic E-state index is 12.6. The number of aryl methyl sites for hydroxylation is 2. The lowest BCUT2D eigenvalue weighted by molar-refractivity contribution is -0.145. The number of carbonyl (C=O) groups is 3. The molecule has 0 bridgehead atoms. The minimum Gasteiger partial charge on any atom is -0.491 e. The molecule has 0 N–H and O–H groups in total. The van der Waals surface area contributed by atoms with Gasteiger partial charge < -0.3 is 9.47 Å². The second-order valence-electron chi connectivity index (χ2n) is 6.84. The van der Waals surface area contributed by atoms with E-state index >= 15 is 0 Å². The molecule has 146 valence electrons. The van der Waals surface area contributed by atoms with Crippen LogP contribution in [-0.2, 0) is 14.3 Å². The van der Waals surface area contributed by atoms with Crippen LogP contribution in [0.4, 0.5) is 5.69 Å². The SMILES string of the molecule is Cc1ccc(C(=O)[C@H](C)OC(=O)CN2C(=O)CCOc3ccccc32)cc1C. The number of ketones is 1. The van der Waals surface area contributed by atoms with Gasteiger partial charge in [0, 0.05) is 5.56 Å². The van der Waals surface area contributed by atoms with Gasteiger partial charge in [-0.15, -0.1) is 0 Å². The Morgan fingerprint density at radius 1 is 1.14 bits per heavy atom. The fraction of sp³-hybridized carbons (Fsp3) is 0.318. The van der Waals surface area contributed by atoms with Crippen LogP contribution in [0, 0.1) is 13.8 Å². The standard InChI is InChI=1S/C22H23NO5/c1-14-8-9-17(12-15(14)2)22(26)16(3)28-21(25)13-23-18-6-4-5-7-19(18)27-11-10-20(23)24/h4-9,12,16H,10-11,13H2,1-3H3/t16-/m0/s1. The van der Waals surface area contributed by atoms with E-state index in [1.807, 2.05) is 19.9 Å². The first kappa shape index (κ1) is 19.6. The zero-order chi connectivity index (χ0) is 20.3. The summed E-state index contributed by atoms with van der Waals surface area (Å²) in [6, 6.07) is 12.4. The normalized spacial score (nSPS) is 14.5. The highest BCUT2D eigenvalue weighted by molar-refractivity contribution is 6.02. The number of fused-ring (bicyclic) bond motifs is 1. The van der Waals surface area contributed by atoms with Crippen molar-refractivity contribution in [2.24, 2.45) is 0 Å². The van der Waals surface area contributed by atoms with Gasteiger partial charge in [0.25, 0.3) is 0 Å². The van der Waals surface area contributed by atoms with Gasteiger partial charge in [-0.05, 0) is 50.1 Å². The minimum absolute atomic E-state index is 0.166. The number of hydrogen-bond donors (Lipinski definition) is 0. The fourth-order valence-electron chi connectivity index (χ4n) is 3.04. The van der Waals surface area contributed by atoms with E-state index in [2.05, 4.69) is 0 Å². The number of carbonyl (C=O) groups excluding carboxylic acids is 3. The van der Waals surface area contributed by atoms with Crippen LogP contribution < -0.4 is 9.64 Å². The molecule has 28 heavy (non-hydrogen) atoms. The van der Waals surface area contributed by atoms with Crippen LogP contribution in [0.5, 0.6) is 5.75 Å². The molecule has 6 heteroatoms. The van der Waals surface area contributed by atoms with Crippen molar-refractivity contribution in [1.82, 2.24) is 0 Å². The number of Topliss-reactive ketones (excluding diaryl/α,β-unsaturated/α-hetero) is 1. The van der Waals surface area contributed by atoms with Crippen LogP contribution in [0.1, 0.15) is 34.8 Å². The van der Waals surface area contributed by atoms with Gasteiger partial charge in [-0.3, -0.25) is 19.3 Å². The number of esters is 1. The molecule has 0 unspecified atom stereocenters. The smallest absolute Gasteiger partial charge is 0.326 e. The topological polar surface area (TPSA) is 72.9 Å². The fourth-order valence-corrected chi connectivity index (χ4v) is 3.04. The number of para-hydroxylation sites is 2. The van der Waals surface area contributed by atoms with Gasteiger partial charge in [0.2, 0.25) is 11.7 Å². The highest BCUT2D eigenvalue weighted by Gasteiger charge is 2.27. The molecule has 1 amide bonds. The van der Waals surface area contributed by atoms with E-state index in [1.54, 1.807) is 36.4 Å². The van der Waals surface area contributed by atoms with Crippen molar-refractivity contribution in [2.45, 2.75) is 33.3 Å². The summed E-state index contributed by atoms with van der Waals surface area (Å²) in [4.78, 5) is 38.8. The van der Waals surface area contributed by atoms with E-state index in [1.165, 1.54) is 11.8 Å².